The molecule has 0 aliphatic heterocycles. The van der Waals surface area contributed by atoms with E-state index < -0.39 is 5.91 Å². The SMILES string of the molecule is CCOc1cc2ncc(CC(N)=O)c(Nc3cccc(CNC(=O)CCN)c3CC)c2cc1OCC. The van der Waals surface area contributed by atoms with Crippen LogP contribution in [0.25, 0.3) is 10.9 Å². The lowest BCUT2D eigenvalue weighted by atomic mass is 10.0. The van der Waals surface area contributed by atoms with Gasteiger partial charge in [0.15, 0.2) is 11.5 Å². The molecule has 0 spiro atoms. The molecule has 36 heavy (non-hydrogen) atoms. The second-order valence-electron chi connectivity index (χ2n) is 8.22. The van der Waals surface area contributed by atoms with Gasteiger partial charge in [-0.1, -0.05) is 19.1 Å². The molecule has 3 rings (SSSR count). The quantitative estimate of drug-likeness (QED) is 0.286. The number of anilines is 2. The van der Waals surface area contributed by atoms with Gasteiger partial charge in [0.1, 0.15) is 0 Å². The third kappa shape index (κ3) is 6.42. The van der Waals surface area contributed by atoms with E-state index in [4.69, 9.17) is 20.9 Å². The Bertz CT molecular complexity index is 1230. The highest BCUT2D eigenvalue weighted by Crippen LogP contribution is 2.38. The lowest BCUT2D eigenvalue weighted by Gasteiger charge is -2.20. The van der Waals surface area contributed by atoms with Crippen LogP contribution < -0.4 is 31.6 Å². The molecule has 0 bridgehead atoms. The maximum Gasteiger partial charge on any atom is 0.221 e. The highest BCUT2D eigenvalue weighted by molar-refractivity contribution is 5.98. The minimum atomic E-state index is -0.456. The number of primary amides is 1. The van der Waals surface area contributed by atoms with Gasteiger partial charge in [0.2, 0.25) is 11.8 Å². The van der Waals surface area contributed by atoms with Crippen LogP contribution in [0.1, 0.15) is 43.9 Å². The summed E-state index contributed by atoms with van der Waals surface area (Å²) in [6.45, 7) is 7.55. The van der Waals surface area contributed by atoms with Gasteiger partial charge in [0.25, 0.3) is 0 Å². The maximum absolute atomic E-state index is 12.0. The van der Waals surface area contributed by atoms with Gasteiger partial charge in [0, 0.05) is 48.4 Å². The summed E-state index contributed by atoms with van der Waals surface area (Å²) in [5, 5.41) is 7.24. The monoisotopic (exact) mass is 493 g/mol. The maximum atomic E-state index is 12.0. The Kier molecular flexibility index (Phi) is 9.46. The van der Waals surface area contributed by atoms with E-state index in [-0.39, 0.29) is 18.7 Å². The molecule has 0 unspecified atom stereocenters. The van der Waals surface area contributed by atoms with E-state index in [0.29, 0.717) is 48.9 Å². The minimum absolute atomic E-state index is 0.0265. The first-order chi connectivity index (χ1) is 17.4. The van der Waals surface area contributed by atoms with Gasteiger partial charge in [-0.05, 0) is 43.5 Å². The number of carbonyl (C=O) groups excluding carboxylic acids is 2. The van der Waals surface area contributed by atoms with Crippen LogP contribution >= 0.6 is 0 Å². The van der Waals surface area contributed by atoms with Gasteiger partial charge < -0.3 is 31.6 Å². The predicted molar refractivity (Wildman–Crippen MR) is 142 cm³/mol. The largest absolute Gasteiger partial charge is 0.490 e. The third-order valence-electron chi connectivity index (χ3n) is 5.71. The summed E-state index contributed by atoms with van der Waals surface area (Å²) in [6.07, 6.45) is 2.70. The van der Waals surface area contributed by atoms with Crippen molar-refractivity contribution in [3.63, 3.8) is 0 Å². The fraction of sp³-hybridized carbons (Fsp3) is 0.370. The van der Waals surface area contributed by atoms with E-state index in [9.17, 15) is 9.59 Å². The van der Waals surface area contributed by atoms with Crippen molar-refractivity contribution >= 4 is 34.1 Å². The van der Waals surface area contributed by atoms with Crippen molar-refractivity contribution in [1.82, 2.24) is 10.3 Å². The summed E-state index contributed by atoms with van der Waals surface area (Å²) >= 11 is 0. The Morgan fingerprint density at radius 1 is 1.03 bits per heavy atom. The molecule has 6 N–H and O–H groups in total. The van der Waals surface area contributed by atoms with E-state index in [2.05, 4.69) is 22.5 Å². The molecule has 192 valence electrons. The predicted octanol–water partition coefficient (Wildman–Crippen LogP) is 3.33. The second kappa shape index (κ2) is 12.7. The lowest BCUT2D eigenvalue weighted by molar-refractivity contribution is -0.121. The molecule has 2 aromatic carbocycles. The molecule has 0 aliphatic rings. The van der Waals surface area contributed by atoms with Gasteiger partial charge in [-0.25, -0.2) is 0 Å². The molecule has 2 amide bonds. The molecule has 0 aliphatic carbocycles. The number of hydrogen-bond donors (Lipinski definition) is 4. The van der Waals surface area contributed by atoms with E-state index in [1.54, 1.807) is 6.20 Å². The zero-order chi connectivity index (χ0) is 26.1. The number of aromatic nitrogens is 1. The molecule has 3 aromatic rings. The van der Waals surface area contributed by atoms with Gasteiger partial charge in [-0.3, -0.25) is 14.6 Å². The van der Waals surface area contributed by atoms with Crippen LogP contribution in [0.5, 0.6) is 11.5 Å². The second-order valence-corrected chi connectivity index (χ2v) is 8.22. The number of benzene rings is 2. The molecule has 0 atom stereocenters. The van der Waals surface area contributed by atoms with Crippen LogP contribution in [0.2, 0.25) is 0 Å². The fourth-order valence-electron chi connectivity index (χ4n) is 4.13. The van der Waals surface area contributed by atoms with E-state index >= 15 is 0 Å². The topological polar surface area (TPSA) is 142 Å². The standard InChI is InChI=1S/C27H35N5O4/c1-4-19-17(15-31-26(34)10-11-28)8-7-9-21(19)32-27-18(12-25(29)33)16-30-22-14-24(36-6-3)23(35-5-2)13-20(22)27/h7-9,13-14,16H,4-6,10-12,15,28H2,1-3H3,(H2,29,33)(H,30,32)(H,31,34). The number of nitrogens with zero attached hydrogens (tertiary/aromatic N) is 1. The van der Waals surface area contributed by atoms with Gasteiger partial charge >= 0.3 is 0 Å². The normalized spacial score (nSPS) is 10.8. The van der Waals surface area contributed by atoms with Crippen molar-refractivity contribution in [1.29, 1.82) is 0 Å². The number of pyridine rings is 1. The summed E-state index contributed by atoms with van der Waals surface area (Å²) in [5.74, 6) is 0.662. The van der Waals surface area contributed by atoms with Crippen LogP contribution in [0, 0.1) is 0 Å². The summed E-state index contributed by atoms with van der Waals surface area (Å²) in [7, 11) is 0. The smallest absolute Gasteiger partial charge is 0.221 e. The van der Waals surface area contributed by atoms with Crippen molar-refractivity contribution in [3.8, 4) is 11.5 Å². The van der Waals surface area contributed by atoms with Crippen LogP contribution in [0.3, 0.4) is 0 Å². The van der Waals surface area contributed by atoms with Crippen LogP contribution in [-0.2, 0) is 29.0 Å². The summed E-state index contributed by atoms with van der Waals surface area (Å²) in [5.41, 5.74) is 16.1. The number of nitrogens with two attached hydrogens (primary N) is 2. The molecule has 0 fully saturated rings. The first-order valence-electron chi connectivity index (χ1n) is 12.3. The number of amides is 2. The number of nitrogens with one attached hydrogen (secondary N) is 2. The van der Waals surface area contributed by atoms with Gasteiger partial charge in [-0.2, -0.15) is 0 Å². The van der Waals surface area contributed by atoms with Gasteiger partial charge in [-0.15, -0.1) is 0 Å². The number of hydrogen-bond acceptors (Lipinski definition) is 7. The first kappa shape index (κ1) is 26.7. The molecular weight excluding hydrogens is 458 g/mol. The fourth-order valence-corrected chi connectivity index (χ4v) is 4.13. The van der Waals surface area contributed by atoms with Crippen LogP contribution in [0.4, 0.5) is 11.4 Å². The number of carbonyl (C=O) groups is 2. The van der Waals surface area contributed by atoms with Crippen molar-refractivity contribution in [2.24, 2.45) is 11.5 Å². The Labute approximate surface area is 211 Å². The molecule has 9 nitrogen and oxygen atoms in total. The zero-order valence-electron chi connectivity index (χ0n) is 21.1. The number of rotatable bonds is 13. The number of ether oxygens (including phenoxy) is 2. The van der Waals surface area contributed by atoms with Gasteiger partial charge in [0.05, 0.1) is 30.8 Å². The van der Waals surface area contributed by atoms with Crippen LogP contribution in [-0.4, -0.2) is 36.6 Å². The molecule has 1 heterocycles. The van der Waals surface area contributed by atoms with E-state index in [0.717, 1.165) is 34.3 Å². The lowest BCUT2D eigenvalue weighted by Crippen LogP contribution is -2.25. The summed E-state index contributed by atoms with van der Waals surface area (Å²) < 4.78 is 11.6. The zero-order valence-corrected chi connectivity index (χ0v) is 21.1. The highest BCUT2D eigenvalue weighted by atomic mass is 16.5. The Morgan fingerprint density at radius 2 is 1.75 bits per heavy atom. The highest BCUT2D eigenvalue weighted by Gasteiger charge is 2.17. The Balaban J connectivity index is 2.11. The third-order valence-corrected chi connectivity index (χ3v) is 5.71. The molecular formula is C27H35N5O4. The Hall–Kier alpha value is -3.85. The van der Waals surface area contributed by atoms with Crippen LogP contribution in [0.15, 0.2) is 36.5 Å². The molecule has 0 radical (unpaired) electrons. The number of fused-ring (bicyclic) bond motifs is 1. The molecule has 9 heteroatoms. The molecule has 0 saturated heterocycles. The van der Waals surface area contributed by atoms with E-state index in [1.807, 2.05) is 44.2 Å². The summed E-state index contributed by atoms with van der Waals surface area (Å²) in [4.78, 5) is 28.4. The minimum Gasteiger partial charge on any atom is -0.490 e. The van der Waals surface area contributed by atoms with Crippen molar-refractivity contribution in [3.05, 3.63) is 53.2 Å². The molecule has 0 saturated carbocycles. The first-order valence-corrected chi connectivity index (χ1v) is 12.3. The van der Waals surface area contributed by atoms with Crippen molar-refractivity contribution in [2.75, 3.05) is 25.1 Å². The summed E-state index contributed by atoms with van der Waals surface area (Å²) in [6, 6.07) is 9.62. The molecule has 1 aromatic heterocycles. The Morgan fingerprint density at radius 3 is 2.39 bits per heavy atom. The van der Waals surface area contributed by atoms with Crippen molar-refractivity contribution in [2.45, 2.75) is 46.6 Å². The average Bonchev–Trinajstić information content (AvgIpc) is 2.85. The van der Waals surface area contributed by atoms with E-state index in [1.165, 1.54) is 0 Å². The average molecular weight is 494 g/mol. The van der Waals surface area contributed by atoms with Crippen molar-refractivity contribution < 1.29 is 19.1 Å².